The number of anilines is 1. The van der Waals surface area contributed by atoms with Gasteiger partial charge in [0.25, 0.3) is 5.91 Å². The summed E-state index contributed by atoms with van der Waals surface area (Å²) in [4.78, 5) is 23.9. The molecule has 7 heteroatoms. The van der Waals surface area contributed by atoms with Crippen LogP contribution < -0.4 is 10.1 Å². The Balaban J connectivity index is 1.65. The number of hydrogen-bond donors (Lipinski definition) is 1. The maximum atomic E-state index is 12.7. The van der Waals surface area contributed by atoms with Gasteiger partial charge in [0.05, 0.1) is 11.9 Å². The summed E-state index contributed by atoms with van der Waals surface area (Å²) in [7, 11) is 0. The molecule has 0 radical (unpaired) electrons. The van der Waals surface area contributed by atoms with Gasteiger partial charge in [0.2, 0.25) is 0 Å². The van der Waals surface area contributed by atoms with E-state index in [4.69, 9.17) is 4.74 Å². The first-order chi connectivity index (χ1) is 13.7. The Kier molecular flexibility index (Phi) is 7.11. The normalized spacial score (nSPS) is 10.8. The molecule has 0 bridgehead atoms. The molecule has 146 valence electrons. The van der Waals surface area contributed by atoms with Crippen LogP contribution in [0.1, 0.15) is 23.5 Å². The number of pyridine rings is 1. The number of thiazole rings is 1. The number of likely N-dealkylation sites (N-methyl/N-ethyl adjacent to an activating group) is 1. The number of carbonyl (C=O) groups excluding carboxylic acids is 1. The summed E-state index contributed by atoms with van der Waals surface area (Å²) in [5.41, 5.74) is 1.60. The van der Waals surface area contributed by atoms with Gasteiger partial charge < -0.3 is 15.0 Å². The van der Waals surface area contributed by atoms with Crippen molar-refractivity contribution in [1.29, 1.82) is 0 Å². The molecule has 3 rings (SSSR count). The monoisotopic (exact) mass is 396 g/mol. The highest BCUT2D eigenvalue weighted by Crippen LogP contribution is 2.27. The second kappa shape index (κ2) is 9.96. The van der Waals surface area contributed by atoms with Gasteiger partial charge in [0.15, 0.2) is 0 Å². The zero-order valence-corrected chi connectivity index (χ0v) is 16.9. The number of carbonyl (C=O) groups is 1. The third-order valence-electron chi connectivity index (χ3n) is 4.35. The first-order valence-electron chi connectivity index (χ1n) is 9.33. The lowest BCUT2D eigenvalue weighted by Gasteiger charge is -2.19. The minimum absolute atomic E-state index is 0.197. The number of amides is 1. The lowest BCUT2D eigenvalue weighted by molar-refractivity contribution is 0.102. The van der Waals surface area contributed by atoms with Crippen LogP contribution in [0, 0.1) is 0 Å². The van der Waals surface area contributed by atoms with E-state index in [0.29, 0.717) is 22.9 Å². The van der Waals surface area contributed by atoms with Gasteiger partial charge in [-0.2, -0.15) is 0 Å². The molecule has 0 aliphatic heterocycles. The van der Waals surface area contributed by atoms with E-state index in [-0.39, 0.29) is 5.91 Å². The van der Waals surface area contributed by atoms with E-state index in [1.807, 2.05) is 36.4 Å². The van der Waals surface area contributed by atoms with Gasteiger partial charge >= 0.3 is 0 Å². The fourth-order valence-electron chi connectivity index (χ4n) is 2.71. The summed E-state index contributed by atoms with van der Waals surface area (Å²) in [5, 5.41) is 3.73. The third kappa shape index (κ3) is 5.15. The molecule has 1 amide bonds. The van der Waals surface area contributed by atoms with Gasteiger partial charge in [-0.25, -0.2) is 4.98 Å². The number of hydrogen-bond acceptors (Lipinski definition) is 6. The van der Waals surface area contributed by atoms with Crippen LogP contribution in [0.25, 0.3) is 10.6 Å². The van der Waals surface area contributed by atoms with Crippen LogP contribution >= 0.6 is 11.3 Å². The molecule has 2 aromatic heterocycles. The Bertz CT molecular complexity index is 894. The lowest BCUT2D eigenvalue weighted by Crippen LogP contribution is -2.28. The Morgan fingerprint density at radius 1 is 1.14 bits per heavy atom. The van der Waals surface area contributed by atoms with Crippen LogP contribution in [0.5, 0.6) is 5.75 Å². The van der Waals surface area contributed by atoms with Gasteiger partial charge in [0, 0.05) is 24.5 Å². The van der Waals surface area contributed by atoms with Crippen molar-refractivity contribution in [3.63, 3.8) is 0 Å². The fraction of sp³-hybridized carbons (Fsp3) is 0.286. The number of benzene rings is 1. The number of ether oxygens (including phenoxy) is 1. The first-order valence-corrected chi connectivity index (χ1v) is 10.1. The third-order valence-corrected chi connectivity index (χ3v) is 5.40. The summed E-state index contributed by atoms with van der Waals surface area (Å²) in [6.07, 6.45) is 5.02. The summed E-state index contributed by atoms with van der Waals surface area (Å²) >= 11 is 1.35. The Labute approximate surface area is 169 Å². The van der Waals surface area contributed by atoms with Gasteiger partial charge in [-0.1, -0.05) is 26.0 Å². The molecule has 28 heavy (non-hydrogen) atoms. The highest BCUT2D eigenvalue weighted by atomic mass is 32.1. The summed E-state index contributed by atoms with van der Waals surface area (Å²) in [6.45, 7) is 7.66. The van der Waals surface area contributed by atoms with Crippen LogP contribution in [-0.4, -0.2) is 47.0 Å². The lowest BCUT2D eigenvalue weighted by atomic mass is 10.3. The van der Waals surface area contributed by atoms with Crippen LogP contribution in [0.2, 0.25) is 0 Å². The zero-order valence-electron chi connectivity index (χ0n) is 16.1. The standard InChI is InChI=1S/C21H24N4O2S/c1-3-25(4-2)13-14-27-18-8-6-5-7-17(18)24-20(26)19-15-23-21(28-19)16-9-11-22-12-10-16/h5-12,15H,3-4,13-14H2,1-2H3,(H,24,26). The molecular formula is C21H24N4O2S. The van der Waals surface area contributed by atoms with Crippen LogP contribution in [0.4, 0.5) is 5.69 Å². The molecule has 0 fully saturated rings. The van der Waals surface area contributed by atoms with Gasteiger partial charge in [-0.3, -0.25) is 9.78 Å². The average molecular weight is 397 g/mol. The number of nitrogens with one attached hydrogen (secondary N) is 1. The molecule has 0 aliphatic carbocycles. The molecular weight excluding hydrogens is 372 g/mol. The van der Waals surface area contributed by atoms with Crippen LogP contribution in [-0.2, 0) is 0 Å². The summed E-state index contributed by atoms with van der Waals surface area (Å²) in [6, 6.07) is 11.2. The molecule has 2 heterocycles. The molecule has 1 N–H and O–H groups in total. The molecule has 6 nitrogen and oxygen atoms in total. The van der Waals surface area contributed by atoms with Crippen LogP contribution in [0.15, 0.2) is 55.0 Å². The zero-order chi connectivity index (χ0) is 19.8. The highest BCUT2D eigenvalue weighted by molar-refractivity contribution is 7.17. The largest absolute Gasteiger partial charge is 0.490 e. The van der Waals surface area contributed by atoms with Crippen molar-refractivity contribution in [2.24, 2.45) is 0 Å². The van der Waals surface area contributed by atoms with Crippen molar-refractivity contribution >= 4 is 22.9 Å². The smallest absolute Gasteiger partial charge is 0.267 e. The van der Waals surface area contributed by atoms with E-state index >= 15 is 0 Å². The van der Waals surface area contributed by atoms with E-state index in [2.05, 4.69) is 34.0 Å². The van der Waals surface area contributed by atoms with Gasteiger partial charge in [-0.15, -0.1) is 11.3 Å². The van der Waals surface area contributed by atoms with E-state index in [9.17, 15) is 4.79 Å². The minimum atomic E-state index is -0.197. The summed E-state index contributed by atoms with van der Waals surface area (Å²) in [5.74, 6) is 0.472. The SMILES string of the molecule is CCN(CC)CCOc1ccccc1NC(=O)c1cnc(-c2ccncc2)s1. The predicted octanol–water partition coefficient (Wildman–Crippen LogP) is 4.18. The molecule has 0 saturated heterocycles. The van der Waals surface area contributed by atoms with Gasteiger partial charge in [-0.05, 0) is 37.4 Å². The van der Waals surface area contributed by atoms with Crippen molar-refractivity contribution in [3.8, 4) is 16.3 Å². The fourth-order valence-corrected chi connectivity index (χ4v) is 3.53. The molecule has 1 aromatic carbocycles. The van der Waals surface area contributed by atoms with Crippen molar-refractivity contribution in [3.05, 3.63) is 59.9 Å². The maximum Gasteiger partial charge on any atom is 0.267 e. The van der Waals surface area contributed by atoms with Crippen LogP contribution in [0.3, 0.4) is 0 Å². The summed E-state index contributed by atoms with van der Waals surface area (Å²) < 4.78 is 5.91. The van der Waals surface area contributed by atoms with Crippen molar-refractivity contribution in [2.75, 3.05) is 31.6 Å². The number of aromatic nitrogens is 2. The van der Waals surface area contributed by atoms with Crippen molar-refractivity contribution in [1.82, 2.24) is 14.9 Å². The molecule has 0 unspecified atom stereocenters. The molecule has 0 aliphatic rings. The molecule has 0 atom stereocenters. The predicted molar refractivity (Wildman–Crippen MR) is 113 cm³/mol. The second-order valence-corrected chi connectivity index (χ2v) is 7.12. The first kappa shape index (κ1) is 20.0. The Morgan fingerprint density at radius 3 is 2.64 bits per heavy atom. The second-order valence-electron chi connectivity index (χ2n) is 6.09. The molecule has 3 aromatic rings. The average Bonchev–Trinajstić information content (AvgIpc) is 3.23. The quantitative estimate of drug-likeness (QED) is 0.588. The Hall–Kier alpha value is -2.77. The number of rotatable bonds is 9. The highest BCUT2D eigenvalue weighted by Gasteiger charge is 2.14. The van der Waals surface area contributed by atoms with E-state index in [1.165, 1.54) is 11.3 Å². The Morgan fingerprint density at radius 2 is 1.89 bits per heavy atom. The minimum Gasteiger partial charge on any atom is -0.490 e. The van der Waals surface area contributed by atoms with E-state index < -0.39 is 0 Å². The van der Waals surface area contributed by atoms with E-state index in [1.54, 1.807) is 18.6 Å². The topological polar surface area (TPSA) is 67.3 Å². The number of para-hydroxylation sites is 2. The van der Waals surface area contributed by atoms with Crippen molar-refractivity contribution in [2.45, 2.75) is 13.8 Å². The maximum absolute atomic E-state index is 12.7. The number of nitrogens with zero attached hydrogens (tertiary/aromatic N) is 3. The molecule has 0 saturated carbocycles. The van der Waals surface area contributed by atoms with Crippen molar-refractivity contribution < 1.29 is 9.53 Å². The molecule has 0 spiro atoms. The van der Waals surface area contributed by atoms with E-state index in [0.717, 1.165) is 30.2 Å². The van der Waals surface area contributed by atoms with Gasteiger partial charge in [0.1, 0.15) is 22.2 Å².